The van der Waals surface area contributed by atoms with Crippen LogP contribution in [-0.2, 0) is 4.79 Å². The summed E-state index contributed by atoms with van der Waals surface area (Å²) >= 11 is 0. The van der Waals surface area contributed by atoms with Gasteiger partial charge in [-0.15, -0.1) is 12.4 Å². The number of aromatic nitrogens is 1. The van der Waals surface area contributed by atoms with Crippen LogP contribution in [0.3, 0.4) is 0 Å². The third-order valence-corrected chi connectivity index (χ3v) is 5.30. The van der Waals surface area contributed by atoms with Gasteiger partial charge in [0.15, 0.2) is 0 Å². The number of ether oxygens (including phenoxy) is 1. The number of esters is 1. The highest BCUT2D eigenvalue weighted by Gasteiger charge is 2.44. The molecule has 1 fully saturated rings. The van der Waals surface area contributed by atoms with Crippen molar-refractivity contribution in [3.63, 3.8) is 0 Å². The van der Waals surface area contributed by atoms with Crippen LogP contribution in [0.25, 0.3) is 10.9 Å². The quantitative estimate of drug-likeness (QED) is 0.532. The molecule has 0 aliphatic carbocycles. The Morgan fingerprint density at radius 2 is 2.00 bits per heavy atom. The molecule has 5 nitrogen and oxygen atoms in total. The molecule has 0 spiro atoms. The summed E-state index contributed by atoms with van der Waals surface area (Å²) in [4.78, 5) is 18.5. The van der Waals surface area contributed by atoms with Crippen LogP contribution < -0.4 is 4.74 Å². The van der Waals surface area contributed by atoms with Gasteiger partial charge in [-0.25, -0.2) is 4.79 Å². The number of carbonyl (C=O) groups is 1. The van der Waals surface area contributed by atoms with Crippen molar-refractivity contribution in [2.75, 3.05) is 13.1 Å². The lowest BCUT2D eigenvalue weighted by molar-refractivity contribution is -0.140. The highest BCUT2D eigenvalue weighted by Crippen LogP contribution is 2.46. The average Bonchev–Trinajstić information content (AvgIpc) is 3.18. The monoisotopic (exact) mass is 370 g/mol. The van der Waals surface area contributed by atoms with Crippen molar-refractivity contribution in [2.24, 2.45) is 0 Å². The second-order valence-corrected chi connectivity index (χ2v) is 6.80. The maximum absolute atomic E-state index is 12.9. The van der Waals surface area contributed by atoms with Crippen LogP contribution in [0.15, 0.2) is 48.5 Å². The molecular formula is C20H19ClN2O3. The number of rotatable bonds is 2. The summed E-state index contributed by atoms with van der Waals surface area (Å²) in [6.45, 7) is 1.73. The highest BCUT2D eigenvalue weighted by atomic mass is 35.5. The Balaban J connectivity index is 0.00000168. The van der Waals surface area contributed by atoms with Crippen LogP contribution >= 0.6 is 12.4 Å². The first kappa shape index (κ1) is 16.9. The first-order valence-electron chi connectivity index (χ1n) is 8.56. The van der Waals surface area contributed by atoms with Gasteiger partial charge in [0.05, 0.1) is 0 Å². The number of H-pyrrole nitrogens is 1. The SMILES string of the molecule is Cl.O=C(Oc1ccccc1)C1c2[nH]c3ccc(O)cc3c2C2CCN1C2. The smallest absolute Gasteiger partial charge is 0.334 e. The number of phenolic OH excluding ortho intramolecular Hbond substituents is 1. The maximum atomic E-state index is 12.9. The van der Waals surface area contributed by atoms with Crippen molar-refractivity contribution in [3.05, 3.63) is 59.8 Å². The molecule has 3 unspecified atom stereocenters. The lowest BCUT2D eigenvalue weighted by atomic mass is 9.90. The highest BCUT2D eigenvalue weighted by molar-refractivity contribution is 5.90. The minimum atomic E-state index is -0.427. The molecule has 26 heavy (non-hydrogen) atoms. The van der Waals surface area contributed by atoms with Gasteiger partial charge in [-0.2, -0.15) is 0 Å². The van der Waals surface area contributed by atoms with Gasteiger partial charge in [0.1, 0.15) is 17.5 Å². The molecule has 3 aromatic rings. The minimum absolute atomic E-state index is 0. The Bertz CT molecular complexity index is 970. The molecule has 134 valence electrons. The zero-order chi connectivity index (χ0) is 17.0. The fraction of sp³-hybridized carbons (Fsp3) is 0.250. The summed E-state index contributed by atoms with van der Waals surface area (Å²) in [6, 6.07) is 14.1. The molecule has 0 amide bonds. The Morgan fingerprint density at radius 1 is 1.19 bits per heavy atom. The van der Waals surface area contributed by atoms with Gasteiger partial charge in [-0.3, -0.25) is 4.90 Å². The molecule has 3 atom stereocenters. The number of aromatic amines is 1. The molecule has 2 bridgehead atoms. The van der Waals surface area contributed by atoms with Crippen molar-refractivity contribution < 1.29 is 14.6 Å². The summed E-state index contributed by atoms with van der Waals surface area (Å²) in [5.74, 6) is 0.942. The van der Waals surface area contributed by atoms with E-state index in [0.717, 1.165) is 41.7 Å². The van der Waals surface area contributed by atoms with Gasteiger partial charge in [0, 0.05) is 35.6 Å². The lowest BCUT2D eigenvalue weighted by Gasteiger charge is -2.30. The van der Waals surface area contributed by atoms with Gasteiger partial charge in [-0.1, -0.05) is 18.2 Å². The number of para-hydroxylation sites is 1. The first-order chi connectivity index (χ1) is 12.2. The van der Waals surface area contributed by atoms with Crippen LogP contribution in [0.2, 0.25) is 0 Å². The number of hydrogen-bond acceptors (Lipinski definition) is 4. The molecule has 2 N–H and O–H groups in total. The molecular weight excluding hydrogens is 352 g/mol. The van der Waals surface area contributed by atoms with Crippen LogP contribution in [0.4, 0.5) is 0 Å². The van der Waals surface area contributed by atoms with E-state index in [1.54, 1.807) is 24.3 Å². The molecule has 1 aromatic heterocycles. The third kappa shape index (κ3) is 2.55. The summed E-state index contributed by atoms with van der Waals surface area (Å²) in [5, 5.41) is 10.9. The first-order valence-corrected chi connectivity index (χ1v) is 8.56. The van der Waals surface area contributed by atoms with Gasteiger partial charge < -0.3 is 14.8 Å². The Kier molecular flexibility index (Phi) is 4.13. The number of carbonyl (C=O) groups excluding carboxylic acids is 1. The predicted molar refractivity (Wildman–Crippen MR) is 101 cm³/mol. The Labute approximate surface area is 157 Å². The van der Waals surface area contributed by atoms with Gasteiger partial charge in [0.25, 0.3) is 0 Å². The lowest BCUT2D eigenvalue weighted by Crippen LogP contribution is -2.38. The van der Waals surface area contributed by atoms with Crippen LogP contribution in [0, 0.1) is 0 Å². The predicted octanol–water partition coefficient (Wildman–Crippen LogP) is 3.74. The van der Waals surface area contributed by atoms with E-state index in [-0.39, 0.29) is 24.1 Å². The van der Waals surface area contributed by atoms with E-state index in [0.29, 0.717) is 11.7 Å². The van der Waals surface area contributed by atoms with E-state index >= 15 is 0 Å². The molecule has 3 heterocycles. The number of phenols is 1. The molecule has 1 saturated heterocycles. The Hall–Kier alpha value is -2.50. The third-order valence-electron chi connectivity index (χ3n) is 5.30. The molecule has 2 aliphatic heterocycles. The number of hydrogen-bond donors (Lipinski definition) is 2. The fourth-order valence-corrected chi connectivity index (χ4v) is 4.24. The van der Waals surface area contributed by atoms with E-state index < -0.39 is 6.04 Å². The standard InChI is InChI=1S/C20H18N2O3.ClH/c23-13-6-7-16-15(10-13)17-12-8-9-22(11-12)19(18(17)21-16)20(24)25-14-4-2-1-3-5-14;/h1-7,10,12,19,21,23H,8-9,11H2;1H. The number of halogens is 1. The van der Waals surface area contributed by atoms with Crippen LogP contribution in [0.1, 0.15) is 29.6 Å². The number of nitrogens with one attached hydrogen (secondary N) is 1. The van der Waals surface area contributed by atoms with Crippen molar-refractivity contribution in [2.45, 2.75) is 18.4 Å². The topological polar surface area (TPSA) is 65.6 Å². The number of aromatic hydroxyl groups is 1. The molecule has 2 aromatic carbocycles. The summed E-state index contributed by atoms with van der Waals surface area (Å²) < 4.78 is 5.63. The minimum Gasteiger partial charge on any atom is -0.508 e. The van der Waals surface area contributed by atoms with Gasteiger partial charge in [0.2, 0.25) is 0 Å². The van der Waals surface area contributed by atoms with E-state index in [4.69, 9.17) is 4.74 Å². The average molecular weight is 371 g/mol. The summed E-state index contributed by atoms with van der Waals surface area (Å²) in [7, 11) is 0. The molecule has 0 radical (unpaired) electrons. The van der Waals surface area contributed by atoms with Crippen molar-refractivity contribution in [1.29, 1.82) is 0 Å². The second-order valence-electron chi connectivity index (χ2n) is 6.80. The van der Waals surface area contributed by atoms with Gasteiger partial charge >= 0.3 is 5.97 Å². The second kappa shape index (κ2) is 6.34. The van der Waals surface area contributed by atoms with E-state index in [1.807, 2.05) is 24.3 Å². The summed E-state index contributed by atoms with van der Waals surface area (Å²) in [6.07, 6.45) is 1.02. The van der Waals surface area contributed by atoms with E-state index in [2.05, 4.69) is 9.88 Å². The van der Waals surface area contributed by atoms with Crippen molar-refractivity contribution >= 4 is 29.3 Å². The molecule has 5 rings (SSSR count). The largest absolute Gasteiger partial charge is 0.508 e. The number of fused-ring (bicyclic) bond motifs is 6. The van der Waals surface area contributed by atoms with Crippen molar-refractivity contribution in [3.8, 4) is 11.5 Å². The maximum Gasteiger partial charge on any atom is 0.334 e. The molecule has 2 aliphatic rings. The number of benzene rings is 2. The zero-order valence-electron chi connectivity index (χ0n) is 14.0. The normalized spacial score (nSPS) is 23.3. The van der Waals surface area contributed by atoms with E-state index in [9.17, 15) is 9.90 Å². The van der Waals surface area contributed by atoms with Crippen molar-refractivity contribution in [1.82, 2.24) is 9.88 Å². The zero-order valence-corrected chi connectivity index (χ0v) is 14.8. The molecule has 0 saturated carbocycles. The van der Waals surface area contributed by atoms with E-state index in [1.165, 1.54) is 0 Å². The molecule has 6 heteroatoms. The van der Waals surface area contributed by atoms with Crippen LogP contribution in [0.5, 0.6) is 11.5 Å². The number of nitrogens with zero attached hydrogens (tertiary/aromatic N) is 1. The van der Waals surface area contributed by atoms with Crippen LogP contribution in [-0.4, -0.2) is 34.0 Å². The Morgan fingerprint density at radius 3 is 2.81 bits per heavy atom. The van der Waals surface area contributed by atoms with Gasteiger partial charge in [-0.05, 0) is 42.3 Å². The summed E-state index contributed by atoms with van der Waals surface area (Å²) in [5.41, 5.74) is 3.03. The fourth-order valence-electron chi connectivity index (χ4n) is 4.24.